The highest BCUT2D eigenvalue weighted by Gasteiger charge is 2.29. The van der Waals surface area contributed by atoms with Crippen LogP contribution < -0.4 is 0 Å². The molecule has 178 valence electrons. The molecule has 0 aliphatic carbocycles. The molecular formula is C27H30F4O2. The lowest BCUT2D eigenvalue weighted by Gasteiger charge is -2.29. The molecule has 2 heterocycles. The first-order chi connectivity index (χ1) is 15.9. The van der Waals surface area contributed by atoms with Crippen molar-refractivity contribution in [1.82, 2.24) is 0 Å². The highest BCUT2D eigenvalue weighted by atomic mass is 19.2. The lowest BCUT2D eigenvalue weighted by molar-refractivity contribution is -0.00732. The highest BCUT2D eigenvalue weighted by Crippen LogP contribution is 2.38. The Kier molecular flexibility index (Phi) is 7.55. The van der Waals surface area contributed by atoms with Crippen molar-refractivity contribution in [2.24, 2.45) is 5.92 Å². The zero-order valence-electron chi connectivity index (χ0n) is 18.9. The van der Waals surface area contributed by atoms with E-state index in [0.29, 0.717) is 26.1 Å². The number of halogens is 4. The summed E-state index contributed by atoms with van der Waals surface area (Å²) in [5, 5.41) is 0. The Morgan fingerprint density at radius 3 is 2.03 bits per heavy atom. The summed E-state index contributed by atoms with van der Waals surface area (Å²) in [6.45, 7) is 6.53. The third-order valence-corrected chi connectivity index (χ3v) is 6.93. The Bertz CT molecular complexity index is 990. The lowest BCUT2D eigenvalue weighted by Crippen LogP contribution is -2.25. The molecule has 0 spiro atoms. The molecule has 2 aromatic rings. The Morgan fingerprint density at radius 2 is 1.48 bits per heavy atom. The SMILES string of the molecule is C=CC1CCC(c2ccc(-c3ccc(C4CCC(CCC)OC4)c(F)c3F)c(F)c2F)OC1. The molecule has 4 rings (SSSR count). The number of rotatable bonds is 6. The van der Waals surface area contributed by atoms with Crippen LogP contribution in [0.15, 0.2) is 36.9 Å². The van der Waals surface area contributed by atoms with E-state index in [2.05, 4.69) is 13.5 Å². The summed E-state index contributed by atoms with van der Waals surface area (Å²) in [5.74, 6) is -4.54. The zero-order chi connectivity index (χ0) is 23.5. The van der Waals surface area contributed by atoms with Gasteiger partial charge in [-0.3, -0.25) is 0 Å². The summed E-state index contributed by atoms with van der Waals surface area (Å²) >= 11 is 0. The van der Waals surface area contributed by atoms with Crippen LogP contribution in [0.2, 0.25) is 0 Å². The van der Waals surface area contributed by atoms with Gasteiger partial charge in [-0.25, -0.2) is 17.6 Å². The van der Waals surface area contributed by atoms with Crippen LogP contribution in [0.3, 0.4) is 0 Å². The minimum Gasteiger partial charge on any atom is -0.378 e. The molecule has 0 saturated carbocycles. The van der Waals surface area contributed by atoms with E-state index in [0.717, 1.165) is 25.7 Å². The number of benzene rings is 2. The zero-order valence-corrected chi connectivity index (χ0v) is 18.9. The van der Waals surface area contributed by atoms with Crippen LogP contribution in [0.1, 0.15) is 68.6 Å². The van der Waals surface area contributed by atoms with Crippen LogP contribution in [-0.2, 0) is 9.47 Å². The Labute approximate surface area is 192 Å². The van der Waals surface area contributed by atoms with E-state index in [-0.39, 0.29) is 40.2 Å². The van der Waals surface area contributed by atoms with Crippen LogP contribution in [0.25, 0.3) is 11.1 Å². The molecule has 33 heavy (non-hydrogen) atoms. The fourth-order valence-corrected chi connectivity index (χ4v) is 4.91. The molecule has 2 aliphatic rings. The molecule has 4 atom stereocenters. The molecule has 0 radical (unpaired) electrons. The predicted octanol–water partition coefficient (Wildman–Crippen LogP) is 7.63. The van der Waals surface area contributed by atoms with Gasteiger partial charge >= 0.3 is 0 Å². The highest BCUT2D eigenvalue weighted by molar-refractivity contribution is 5.66. The largest absolute Gasteiger partial charge is 0.378 e. The number of hydrogen-bond acceptors (Lipinski definition) is 2. The molecule has 0 amide bonds. The lowest BCUT2D eigenvalue weighted by atomic mass is 9.88. The standard InChI is InChI=1S/C27H30F4O2/c1-3-5-18-8-7-17(15-32-18)19-9-10-20(25(29)24(19)28)21-11-12-22(27(31)26(21)30)23-13-6-16(4-2)14-33-23/h4,9-12,16-18,23H,2-3,5-8,13-15H2,1H3. The van der Waals surface area contributed by atoms with Gasteiger partial charge in [-0.2, -0.15) is 0 Å². The first-order valence-electron chi connectivity index (χ1n) is 11.8. The molecule has 0 aromatic heterocycles. The third kappa shape index (κ3) is 4.87. The fourth-order valence-electron chi connectivity index (χ4n) is 4.91. The van der Waals surface area contributed by atoms with Gasteiger partial charge in [-0.05, 0) is 37.7 Å². The van der Waals surface area contributed by atoms with Gasteiger partial charge in [0, 0.05) is 28.5 Å². The minimum absolute atomic E-state index is 0.0947. The van der Waals surface area contributed by atoms with Crippen molar-refractivity contribution in [2.45, 2.75) is 63.6 Å². The monoisotopic (exact) mass is 462 g/mol. The van der Waals surface area contributed by atoms with E-state index in [1.165, 1.54) is 24.3 Å². The van der Waals surface area contributed by atoms with Crippen molar-refractivity contribution < 1.29 is 27.0 Å². The maximum Gasteiger partial charge on any atom is 0.167 e. The molecule has 6 heteroatoms. The van der Waals surface area contributed by atoms with Crippen molar-refractivity contribution in [1.29, 1.82) is 0 Å². The predicted molar refractivity (Wildman–Crippen MR) is 120 cm³/mol. The van der Waals surface area contributed by atoms with Crippen molar-refractivity contribution in [3.8, 4) is 11.1 Å². The van der Waals surface area contributed by atoms with Gasteiger partial charge < -0.3 is 9.47 Å². The van der Waals surface area contributed by atoms with Crippen molar-refractivity contribution in [2.75, 3.05) is 13.2 Å². The smallest absolute Gasteiger partial charge is 0.167 e. The average molecular weight is 463 g/mol. The van der Waals surface area contributed by atoms with Crippen LogP contribution in [-0.4, -0.2) is 19.3 Å². The second-order valence-corrected chi connectivity index (χ2v) is 9.07. The minimum atomic E-state index is -1.20. The quantitative estimate of drug-likeness (QED) is 0.325. The van der Waals surface area contributed by atoms with Crippen LogP contribution in [0.5, 0.6) is 0 Å². The van der Waals surface area contributed by atoms with Gasteiger partial charge in [0.1, 0.15) is 0 Å². The third-order valence-electron chi connectivity index (χ3n) is 6.93. The summed E-state index contributed by atoms with van der Waals surface area (Å²) in [7, 11) is 0. The van der Waals surface area contributed by atoms with Crippen molar-refractivity contribution in [3.63, 3.8) is 0 Å². The Morgan fingerprint density at radius 1 is 0.818 bits per heavy atom. The number of ether oxygens (including phenoxy) is 2. The summed E-state index contributed by atoms with van der Waals surface area (Å²) in [5.41, 5.74) is -0.286. The molecule has 2 aromatic carbocycles. The fraction of sp³-hybridized carbons (Fsp3) is 0.481. The van der Waals surface area contributed by atoms with Gasteiger partial charge in [-0.1, -0.05) is 43.7 Å². The second-order valence-electron chi connectivity index (χ2n) is 9.07. The Hall–Kier alpha value is -2.18. The number of hydrogen-bond donors (Lipinski definition) is 0. The molecule has 2 saturated heterocycles. The Balaban J connectivity index is 1.56. The molecule has 4 unspecified atom stereocenters. The van der Waals surface area contributed by atoms with E-state index >= 15 is 4.39 Å². The first kappa shape index (κ1) is 24.0. The first-order valence-corrected chi connectivity index (χ1v) is 11.8. The second kappa shape index (κ2) is 10.4. The summed E-state index contributed by atoms with van der Waals surface area (Å²) in [4.78, 5) is 0. The normalized spacial score (nSPS) is 25.7. The van der Waals surface area contributed by atoms with Crippen LogP contribution in [0, 0.1) is 29.2 Å². The summed E-state index contributed by atoms with van der Waals surface area (Å²) in [6.07, 6.45) is 6.13. The molecule has 0 bridgehead atoms. The average Bonchev–Trinajstić information content (AvgIpc) is 2.84. The van der Waals surface area contributed by atoms with Crippen LogP contribution in [0.4, 0.5) is 17.6 Å². The molecule has 2 nitrogen and oxygen atoms in total. The molecule has 2 aliphatic heterocycles. The van der Waals surface area contributed by atoms with E-state index in [1.54, 1.807) is 6.08 Å². The molecule has 2 fully saturated rings. The van der Waals surface area contributed by atoms with Crippen molar-refractivity contribution in [3.05, 3.63) is 71.3 Å². The molecular weight excluding hydrogens is 432 g/mol. The van der Waals surface area contributed by atoms with Gasteiger partial charge in [0.2, 0.25) is 0 Å². The van der Waals surface area contributed by atoms with Gasteiger partial charge in [0.25, 0.3) is 0 Å². The van der Waals surface area contributed by atoms with E-state index < -0.39 is 29.4 Å². The van der Waals surface area contributed by atoms with Gasteiger partial charge in [-0.15, -0.1) is 6.58 Å². The topological polar surface area (TPSA) is 18.5 Å². The van der Waals surface area contributed by atoms with Gasteiger partial charge in [0.05, 0.1) is 25.4 Å². The van der Waals surface area contributed by atoms with E-state index in [9.17, 15) is 13.2 Å². The van der Waals surface area contributed by atoms with E-state index in [4.69, 9.17) is 9.47 Å². The maximum absolute atomic E-state index is 15.0. The summed E-state index contributed by atoms with van der Waals surface area (Å²) < 4.78 is 71.3. The molecule has 0 N–H and O–H groups in total. The van der Waals surface area contributed by atoms with E-state index in [1.807, 2.05) is 0 Å². The summed E-state index contributed by atoms with van der Waals surface area (Å²) in [6, 6.07) is 5.50. The van der Waals surface area contributed by atoms with Crippen LogP contribution >= 0.6 is 0 Å². The maximum atomic E-state index is 15.0. The van der Waals surface area contributed by atoms with Gasteiger partial charge in [0.15, 0.2) is 23.3 Å². The van der Waals surface area contributed by atoms with Crippen molar-refractivity contribution >= 4 is 0 Å².